The van der Waals surface area contributed by atoms with Crippen LogP contribution in [0.15, 0.2) is 67.0 Å². The summed E-state index contributed by atoms with van der Waals surface area (Å²) in [5, 5.41) is 8.04. The third kappa shape index (κ3) is 4.20. The largest absolute Gasteiger partial charge is 0.438 e. The van der Waals surface area contributed by atoms with Crippen LogP contribution in [-0.2, 0) is 13.1 Å². The van der Waals surface area contributed by atoms with Crippen LogP contribution in [0.1, 0.15) is 38.3 Å². The van der Waals surface area contributed by atoms with Gasteiger partial charge in [-0.05, 0) is 61.2 Å². The molecule has 6 nitrogen and oxygen atoms in total. The van der Waals surface area contributed by atoms with Gasteiger partial charge < -0.3 is 9.64 Å². The molecule has 6 heteroatoms. The van der Waals surface area contributed by atoms with E-state index in [1.807, 2.05) is 62.1 Å². The number of pyridine rings is 1. The first kappa shape index (κ1) is 20.8. The summed E-state index contributed by atoms with van der Waals surface area (Å²) in [7, 11) is 0. The van der Waals surface area contributed by atoms with E-state index in [4.69, 9.17) is 4.74 Å². The summed E-state index contributed by atoms with van der Waals surface area (Å²) >= 11 is 0. The van der Waals surface area contributed by atoms with E-state index in [1.54, 1.807) is 12.4 Å². The van der Waals surface area contributed by atoms with E-state index in [2.05, 4.69) is 33.4 Å². The average molecular weight is 437 g/mol. The first-order valence-corrected chi connectivity index (χ1v) is 10.9. The predicted octanol–water partition coefficient (Wildman–Crippen LogP) is 5.41. The van der Waals surface area contributed by atoms with Crippen LogP contribution in [0.2, 0.25) is 0 Å². The van der Waals surface area contributed by atoms with Crippen molar-refractivity contribution < 1.29 is 9.53 Å². The molecule has 0 fully saturated rings. The van der Waals surface area contributed by atoms with Gasteiger partial charge in [0.1, 0.15) is 11.3 Å². The standard InChI is InChI=1S/C27H24N4O2/c1-17-4-9-24(18(2)12-17)33-26-25-22(10-11-28-26)16-31(27(25)32)15-20-5-7-21(8-6-20)23-13-19(3)30-29-14-23/h4-14H,15-16H2,1-3H3. The van der Waals surface area contributed by atoms with Crippen LogP contribution in [0.5, 0.6) is 11.6 Å². The number of carbonyl (C=O) groups is 1. The molecule has 0 aliphatic carbocycles. The highest BCUT2D eigenvalue weighted by Crippen LogP contribution is 2.34. The van der Waals surface area contributed by atoms with Gasteiger partial charge in [-0.3, -0.25) is 4.79 Å². The van der Waals surface area contributed by atoms with Gasteiger partial charge in [0.05, 0.1) is 11.9 Å². The Labute approximate surface area is 192 Å². The molecular weight excluding hydrogens is 412 g/mol. The number of ether oxygens (including phenoxy) is 1. The van der Waals surface area contributed by atoms with Gasteiger partial charge in [-0.15, -0.1) is 0 Å². The molecule has 0 unspecified atom stereocenters. The van der Waals surface area contributed by atoms with Gasteiger partial charge in [0.15, 0.2) is 0 Å². The summed E-state index contributed by atoms with van der Waals surface area (Å²) in [6, 6.07) is 18.1. The Balaban J connectivity index is 1.35. The van der Waals surface area contributed by atoms with Crippen LogP contribution < -0.4 is 4.74 Å². The lowest BCUT2D eigenvalue weighted by atomic mass is 10.1. The monoisotopic (exact) mass is 436 g/mol. The summed E-state index contributed by atoms with van der Waals surface area (Å²) < 4.78 is 6.08. The number of hydrogen-bond donors (Lipinski definition) is 0. The lowest BCUT2D eigenvalue weighted by molar-refractivity contribution is 0.0764. The Morgan fingerprint density at radius 1 is 0.970 bits per heavy atom. The van der Waals surface area contributed by atoms with Crippen molar-refractivity contribution in [1.29, 1.82) is 0 Å². The number of hydrogen-bond acceptors (Lipinski definition) is 5. The van der Waals surface area contributed by atoms with Gasteiger partial charge in [0.2, 0.25) is 5.88 Å². The summed E-state index contributed by atoms with van der Waals surface area (Å²) in [6.45, 7) is 7.01. The maximum absolute atomic E-state index is 13.3. The lowest BCUT2D eigenvalue weighted by Gasteiger charge is -2.16. The maximum Gasteiger partial charge on any atom is 0.260 e. The van der Waals surface area contributed by atoms with Crippen molar-refractivity contribution >= 4 is 5.91 Å². The second-order valence-electron chi connectivity index (χ2n) is 8.47. The quantitative estimate of drug-likeness (QED) is 0.418. The Bertz CT molecular complexity index is 1350. The highest BCUT2D eigenvalue weighted by molar-refractivity contribution is 6.00. The molecule has 0 saturated carbocycles. The molecule has 33 heavy (non-hydrogen) atoms. The topological polar surface area (TPSA) is 68.2 Å². The molecule has 1 amide bonds. The van der Waals surface area contributed by atoms with Gasteiger partial charge in [-0.2, -0.15) is 10.2 Å². The number of nitrogens with zero attached hydrogens (tertiary/aromatic N) is 4. The van der Waals surface area contributed by atoms with Crippen molar-refractivity contribution in [2.45, 2.75) is 33.9 Å². The smallest absolute Gasteiger partial charge is 0.260 e. The number of aryl methyl sites for hydroxylation is 3. The highest BCUT2D eigenvalue weighted by Gasteiger charge is 2.32. The number of benzene rings is 2. The van der Waals surface area contributed by atoms with Gasteiger partial charge in [-0.1, -0.05) is 42.0 Å². The summed E-state index contributed by atoms with van der Waals surface area (Å²) in [4.78, 5) is 19.5. The zero-order chi connectivity index (χ0) is 22.9. The molecule has 0 atom stereocenters. The van der Waals surface area contributed by atoms with Gasteiger partial charge >= 0.3 is 0 Å². The Hall–Kier alpha value is -4.06. The van der Waals surface area contributed by atoms with E-state index in [0.29, 0.717) is 30.3 Å². The van der Waals surface area contributed by atoms with Crippen molar-refractivity contribution in [3.63, 3.8) is 0 Å². The first-order chi connectivity index (χ1) is 16.0. The SMILES string of the molecule is Cc1ccc(Oc2nccc3c2C(=O)N(Cc2ccc(-c4cnnc(C)c4)cc2)C3)c(C)c1. The molecule has 164 valence electrons. The molecule has 0 bridgehead atoms. The average Bonchev–Trinajstić information content (AvgIpc) is 3.12. The Morgan fingerprint density at radius 2 is 1.79 bits per heavy atom. The minimum absolute atomic E-state index is 0.0594. The Kier molecular flexibility index (Phi) is 5.34. The Morgan fingerprint density at radius 3 is 2.55 bits per heavy atom. The summed E-state index contributed by atoms with van der Waals surface area (Å²) in [5.41, 5.74) is 7.69. The first-order valence-electron chi connectivity index (χ1n) is 10.9. The van der Waals surface area contributed by atoms with Crippen molar-refractivity contribution in [2.24, 2.45) is 0 Å². The van der Waals surface area contributed by atoms with Crippen LogP contribution in [0.25, 0.3) is 11.1 Å². The molecule has 5 rings (SSSR count). The molecule has 2 aromatic heterocycles. The lowest BCUT2D eigenvalue weighted by Crippen LogP contribution is -2.23. The van der Waals surface area contributed by atoms with E-state index in [0.717, 1.165) is 39.1 Å². The fraction of sp³-hybridized carbons (Fsp3) is 0.185. The van der Waals surface area contributed by atoms with E-state index in [9.17, 15) is 4.79 Å². The second kappa shape index (κ2) is 8.47. The fourth-order valence-corrected chi connectivity index (χ4v) is 4.15. The number of amides is 1. The maximum atomic E-state index is 13.3. The zero-order valence-corrected chi connectivity index (χ0v) is 18.9. The third-order valence-corrected chi connectivity index (χ3v) is 5.84. The van der Waals surface area contributed by atoms with E-state index >= 15 is 0 Å². The third-order valence-electron chi connectivity index (χ3n) is 5.84. The number of carbonyl (C=O) groups excluding carboxylic acids is 1. The van der Waals surface area contributed by atoms with Crippen molar-refractivity contribution in [3.8, 4) is 22.8 Å². The zero-order valence-electron chi connectivity index (χ0n) is 18.9. The van der Waals surface area contributed by atoms with Crippen LogP contribution in [0, 0.1) is 20.8 Å². The van der Waals surface area contributed by atoms with Gasteiger partial charge in [0, 0.05) is 24.8 Å². The molecule has 1 aliphatic heterocycles. The fourth-order valence-electron chi connectivity index (χ4n) is 4.15. The van der Waals surface area contributed by atoms with Crippen LogP contribution in [0.4, 0.5) is 0 Å². The van der Waals surface area contributed by atoms with Gasteiger partial charge in [0.25, 0.3) is 5.91 Å². The highest BCUT2D eigenvalue weighted by atomic mass is 16.5. The molecule has 4 aromatic rings. The normalized spacial score (nSPS) is 12.7. The van der Waals surface area contributed by atoms with Crippen molar-refractivity contribution in [2.75, 3.05) is 0 Å². The molecule has 0 radical (unpaired) electrons. The van der Waals surface area contributed by atoms with Crippen LogP contribution >= 0.6 is 0 Å². The van der Waals surface area contributed by atoms with Crippen molar-refractivity contribution in [3.05, 3.63) is 101 Å². The summed E-state index contributed by atoms with van der Waals surface area (Å²) in [5.74, 6) is 1.02. The van der Waals surface area contributed by atoms with Crippen LogP contribution in [0.3, 0.4) is 0 Å². The minimum Gasteiger partial charge on any atom is -0.438 e. The van der Waals surface area contributed by atoms with E-state index in [-0.39, 0.29) is 5.91 Å². The van der Waals surface area contributed by atoms with E-state index in [1.165, 1.54) is 0 Å². The molecule has 2 aromatic carbocycles. The number of aromatic nitrogens is 3. The second-order valence-corrected chi connectivity index (χ2v) is 8.47. The van der Waals surface area contributed by atoms with Gasteiger partial charge in [-0.25, -0.2) is 4.98 Å². The summed E-state index contributed by atoms with van der Waals surface area (Å²) in [6.07, 6.45) is 3.46. The van der Waals surface area contributed by atoms with Crippen molar-refractivity contribution in [1.82, 2.24) is 20.1 Å². The number of rotatable bonds is 5. The van der Waals surface area contributed by atoms with E-state index < -0.39 is 0 Å². The molecule has 3 heterocycles. The predicted molar refractivity (Wildman–Crippen MR) is 126 cm³/mol. The molecule has 0 saturated heterocycles. The minimum atomic E-state index is -0.0594. The molecule has 0 N–H and O–H groups in total. The molecule has 0 spiro atoms. The number of fused-ring (bicyclic) bond motifs is 1. The molecule has 1 aliphatic rings. The van der Waals surface area contributed by atoms with Crippen LogP contribution in [-0.4, -0.2) is 26.0 Å². The molecular formula is C27H24N4O2.